The number of nitrogens with zero attached hydrogens (tertiary/aromatic N) is 3. The molecule has 1 saturated heterocycles. The third kappa shape index (κ3) is 4.35. The smallest absolute Gasteiger partial charge is 0.218 e. The number of anilines is 1. The number of ether oxygens (including phenoxy) is 1. The molecule has 2 heterocycles. The monoisotopic (exact) mass is 264 g/mol. The molecule has 1 fully saturated rings. The SMILES string of the molecule is COc1cc(NC(C)CN2CCCCC2)nc(C)n1. The van der Waals surface area contributed by atoms with Crippen molar-refractivity contribution in [3.63, 3.8) is 0 Å². The summed E-state index contributed by atoms with van der Waals surface area (Å²) in [4.78, 5) is 11.1. The van der Waals surface area contributed by atoms with Crippen LogP contribution in [0.25, 0.3) is 0 Å². The van der Waals surface area contributed by atoms with Crippen molar-refractivity contribution in [2.45, 2.75) is 39.2 Å². The van der Waals surface area contributed by atoms with Crippen LogP contribution in [-0.4, -0.2) is 47.7 Å². The van der Waals surface area contributed by atoms with Crippen LogP contribution >= 0.6 is 0 Å². The topological polar surface area (TPSA) is 50.3 Å². The van der Waals surface area contributed by atoms with Crippen molar-refractivity contribution < 1.29 is 4.74 Å². The summed E-state index contributed by atoms with van der Waals surface area (Å²) in [6, 6.07) is 2.22. The molecule has 0 spiro atoms. The normalized spacial score (nSPS) is 18.1. The van der Waals surface area contributed by atoms with Crippen LogP contribution in [0.4, 0.5) is 5.82 Å². The Morgan fingerprint density at radius 2 is 2.05 bits per heavy atom. The summed E-state index contributed by atoms with van der Waals surface area (Å²) in [6.45, 7) is 7.57. The summed E-state index contributed by atoms with van der Waals surface area (Å²) in [6.07, 6.45) is 4.03. The molecule has 0 amide bonds. The lowest BCUT2D eigenvalue weighted by atomic mass is 10.1. The van der Waals surface area contributed by atoms with E-state index in [0.29, 0.717) is 11.9 Å². The van der Waals surface area contributed by atoms with Gasteiger partial charge in [-0.3, -0.25) is 0 Å². The van der Waals surface area contributed by atoms with Gasteiger partial charge >= 0.3 is 0 Å². The van der Waals surface area contributed by atoms with Crippen LogP contribution in [0.2, 0.25) is 0 Å². The van der Waals surface area contributed by atoms with Crippen LogP contribution < -0.4 is 10.1 Å². The van der Waals surface area contributed by atoms with Gasteiger partial charge in [-0.1, -0.05) is 6.42 Å². The first kappa shape index (κ1) is 14.1. The van der Waals surface area contributed by atoms with Crippen molar-refractivity contribution in [1.82, 2.24) is 14.9 Å². The van der Waals surface area contributed by atoms with E-state index in [1.165, 1.54) is 32.4 Å². The summed E-state index contributed by atoms with van der Waals surface area (Å²) in [7, 11) is 1.63. The molecule has 1 unspecified atom stereocenters. The van der Waals surface area contributed by atoms with Crippen molar-refractivity contribution in [1.29, 1.82) is 0 Å². The molecule has 19 heavy (non-hydrogen) atoms. The van der Waals surface area contributed by atoms with Crippen molar-refractivity contribution in [2.24, 2.45) is 0 Å². The van der Waals surface area contributed by atoms with E-state index in [2.05, 4.69) is 27.1 Å². The lowest BCUT2D eigenvalue weighted by molar-refractivity contribution is 0.223. The quantitative estimate of drug-likeness (QED) is 0.882. The summed E-state index contributed by atoms with van der Waals surface area (Å²) in [5.41, 5.74) is 0. The van der Waals surface area contributed by atoms with E-state index in [0.717, 1.165) is 18.2 Å². The molecule has 0 saturated carbocycles. The number of methoxy groups -OCH3 is 1. The zero-order valence-corrected chi connectivity index (χ0v) is 12.1. The number of likely N-dealkylation sites (tertiary alicyclic amines) is 1. The minimum atomic E-state index is 0.372. The Bertz CT molecular complexity index is 404. The van der Waals surface area contributed by atoms with Gasteiger partial charge in [-0.05, 0) is 39.8 Å². The van der Waals surface area contributed by atoms with Gasteiger partial charge in [-0.15, -0.1) is 0 Å². The number of aryl methyl sites for hydroxylation is 1. The van der Waals surface area contributed by atoms with Crippen molar-refractivity contribution in [3.05, 3.63) is 11.9 Å². The van der Waals surface area contributed by atoms with Gasteiger partial charge in [0.1, 0.15) is 11.6 Å². The maximum atomic E-state index is 5.17. The maximum Gasteiger partial charge on any atom is 0.218 e. The van der Waals surface area contributed by atoms with E-state index in [4.69, 9.17) is 4.74 Å². The van der Waals surface area contributed by atoms with Crippen LogP contribution in [0.5, 0.6) is 5.88 Å². The molecule has 0 aromatic carbocycles. The third-order valence-electron chi connectivity index (χ3n) is 3.40. The number of hydrogen-bond donors (Lipinski definition) is 1. The fourth-order valence-corrected chi connectivity index (χ4v) is 2.55. The zero-order chi connectivity index (χ0) is 13.7. The van der Waals surface area contributed by atoms with E-state index >= 15 is 0 Å². The fraction of sp³-hybridized carbons (Fsp3) is 0.714. The Balaban J connectivity index is 1.90. The van der Waals surface area contributed by atoms with E-state index in [9.17, 15) is 0 Å². The van der Waals surface area contributed by atoms with Gasteiger partial charge < -0.3 is 15.0 Å². The van der Waals surface area contributed by atoms with Gasteiger partial charge in [0.2, 0.25) is 5.88 Å². The molecule has 1 aliphatic heterocycles. The highest BCUT2D eigenvalue weighted by Gasteiger charge is 2.14. The van der Waals surface area contributed by atoms with Crippen LogP contribution in [0, 0.1) is 6.92 Å². The molecule has 5 nitrogen and oxygen atoms in total. The largest absolute Gasteiger partial charge is 0.481 e. The molecule has 106 valence electrons. The average Bonchev–Trinajstić information content (AvgIpc) is 2.38. The molecule has 1 N–H and O–H groups in total. The van der Waals surface area contributed by atoms with Crippen LogP contribution in [0.15, 0.2) is 6.07 Å². The molecule has 0 aliphatic carbocycles. The minimum absolute atomic E-state index is 0.372. The summed E-state index contributed by atoms with van der Waals surface area (Å²) < 4.78 is 5.17. The number of hydrogen-bond acceptors (Lipinski definition) is 5. The molecular weight excluding hydrogens is 240 g/mol. The number of aromatic nitrogens is 2. The van der Waals surface area contributed by atoms with Crippen molar-refractivity contribution in [2.75, 3.05) is 32.1 Å². The lowest BCUT2D eigenvalue weighted by Gasteiger charge is -2.29. The highest BCUT2D eigenvalue weighted by molar-refractivity contribution is 5.39. The highest BCUT2D eigenvalue weighted by atomic mass is 16.5. The fourth-order valence-electron chi connectivity index (χ4n) is 2.55. The Hall–Kier alpha value is -1.36. The Morgan fingerprint density at radius 1 is 1.32 bits per heavy atom. The highest BCUT2D eigenvalue weighted by Crippen LogP contribution is 2.15. The second-order valence-electron chi connectivity index (χ2n) is 5.25. The van der Waals surface area contributed by atoms with Crippen molar-refractivity contribution >= 4 is 5.82 Å². The summed E-state index contributed by atoms with van der Waals surface area (Å²) in [5.74, 6) is 2.18. The minimum Gasteiger partial charge on any atom is -0.481 e. The molecule has 1 aromatic rings. The van der Waals surface area contributed by atoms with E-state index in [1.54, 1.807) is 7.11 Å². The standard InChI is InChI=1S/C14H24N4O/c1-11(10-18-7-5-4-6-8-18)15-13-9-14(19-3)17-12(2)16-13/h9,11H,4-8,10H2,1-3H3,(H,15,16,17). The molecule has 5 heteroatoms. The second-order valence-corrected chi connectivity index (χ2v) is 5.25. The second kappa shape index (κ2) is 6.70. The number of nitrogens with one attached hydrogen (secondary N) is 1. The van der Waals surface area contributed by atoms with Gasteiger partial charge in [0, 0.05) is 18.7 Å². The predicted octanol–water partition coefficient (Wildman–Crippen LogP) is 2.08. The molecular formula is C14H24N4O. The van der Waals surface area contributed by atoms with Gasteiger partial charge in [0.25, 0.3) is 0 Å². The van der Waals surface area contributed by atoms with Crippen molar-refractivity contribution in [3.8, 4) is 5.88 Å². The Labute approximate surface area is 115 Å². The Kier molecular flexibility index (Phi) is 4.96. The first-order valence-corrected chi connectivity index (χ1v) is 7.06. The number of piperidine rings is 1. The summed E-state index contributed by atoms with van der Waals surface area (Å²) in [5, 5.41) is 3.43. The first-order valence-electron chi connectivity index (χ1n) is 7.06. The molecule has 1 aliphatic rings. The zero-order valence-electron chi connectivity index (χ0n) is 12.1. The summed E-state index contributed by atoms with van der Waals surface area (Å²) >= 11 is 0. The molecule has 0 radical (unpaired) electrons. The molecule has 0 bridgehead atoms. The molecule has 2 rings (SSSR count). The van der Waals surface area contributed by atoms with Gasteiger partial charge in [-0.2, -0.15) is 4.98 Å². The average molecular weight is 264 g/mol. The van der Waals surface area contributed by atoms with E-state index in [-0.39, 0.29) is 0 Å². The number of rotatable bonds is 5. The first-order chi connectivity index (χ1) is 9.17. The lowest BCUT2D eigenvalue weighted by Crippen LogP contribution is -2.38. The molecule has 1 atom stereocenters. The van der Waals surface area contributed by atoms with E-state index < -0.39 is 0 Å². The van der Waals surface area contributed by atoms with Crippen LogP contribution in [0.3, 0.4) is 0 Å². The van der Waals surface area contributed by atoms with Crippen LogP contribution in [0.1, 0.15) is 32.0 Å². The maximum absolute atomic E-state index is 5.17. The third-order valence-corrected chi connectivity index (χ3v) is 3.40. The van der Waals surface area contributed by atoms with Gasteiger partial charge in [0.05, 0.1) is 7.11 Å². The Morgan fingerprint density at radius 3 is 2.74 bits per heavy atom. The van der Waals surface area contributed by atoms with E-state index in [1.807, 2.05) is 13.0 Å². The van der Waals surface area contributed by atoms with Gasteiger partial charge in [-0.25, -0.2) is 4.98 Å². The predicted molar refractivity (Wildman–Crippen MR) is 76.7 cm³/mol. The van der Waals surface area contributed by atoms with Gasteiger partial charge in [0.15, 0.2) is 0 Å². The van der Waals surface area contributed by atoms with Crippen LogP contribution in [-0.2, 0) is 0 Å². The molecule has 1 aromatic heterocycles.